The molecule has 0 aliphatic heterocycles. The third-order valence-corrected chi connectivity index (χ3v) is 2.81. The quantitative estimate of drug-likeness (QED) is 0.838. The van der Waals surface area contributed by atoms with Crippen LogP contribution in [0.15, 0.2) is 16.6 Å². The molecule has 0 aliphatic carbocycles. The van der Waals surface area contributed by atoms with E-state index in [4.69, 9.17) is 4.74 Å². The van der Waals surface area contributed by atoms with Crippen LogP contribution >= 0.6 is 15.9 Å². The van der Waals surface area contributed by atoms with Gasteiger partial charge >= 0.3 is 12.1 Å². The maximum Gasteiger partial charge on any atom is 0.407 e. The van der Waals surface area contributed by atoms with Gasteiger partial charge in [0.1, 0.15) is 17.0 Å². The summed E-state index contributed by atoms with van der Waals surface area (Å²) in [5.41, 5.74) is -0.561. The molecule has 0 fully saturated rings. The Kier molecular flexibility index (Phi) is 5.71. The van der Waals surface area contributed by atoms with E-state index in [9.17, 15) is 14.0 Å². The molecule has 0 saturated carbocycles. The van der Waals surface area contributed by atoms with Crippen LogP contribution in [0.25, 0.3) is 0 Å². The van der Waals surface area contributed by atoms with E-state index in [-0.39, 0.29) is 12.1 Å². The van der Waals surface area contributed by atoms with Gasteiger partial charge in [-0.25, -0.2) is 14.0 Å². The Bertz CT molecular complexity index is 555. The molecule has 1 amide bonds. The average Bonchev–Trinajstić information content (AvgIpc) is 2.32. The first-order valence-electron chi connectivity index (χ1n) is 6.17. The van der Waals surface area contributed by atoms with Crippen LogP contribution in [-0.2, 0) is 16.0 Å². The standard InChI is InChI=1S/C14H17BrFNO4/c1-14(2,3)21-13(19)17-7-8-5-9(15)6-10(16)11(8)12(18)20-4/h5-6H,7H2,1-4H3,(H,17,19). The van der Waals surface area contributed by atoms with Crippen molar-refractivity contribution < 1.29 is 23.5 Å². The van der Waals surface area contributed by atoms with E-state index in [0.29, 0.717) is 10.0 Å². The highest BCUT2D eigenvalue weighted by Gasteiger charge is 2.20. The van der Waals surface area contributed by atoms with Crippen molar-refractivity contribution in [3.63, 3.8) is 0 Å². The highest BCUT2D eigenvalue weighted by Crippen LogP contribution is 2.21. The summed E-state index contributed by atoms with van der Waals surface area (Å²) in [5.74, 6) is -1.53. The van der Waals surface area contributed by atoms with Crippen molar-refractivity contribution in [2.45, 2.75) is 32.9 Å². The fraction of sp³-hybridized carbons (Fsp3) is 0.429. The molecule has 0 unspecified atom stereocenters. The van der Waals surface area contributed by atoms with Gasteiger partial charge in [0.15, 0.2) is 0 Å². The van der Waals surface area contributed by atoms with Gasteiger partial charge in [0.25, 0.3) is 0 Å². The van der Waals surface area contributed by atoms with Gasteiger partial charge in [-0.15, -0.1) is 0 Å². The normalized spacial score (nSPS) is 11.0. The molecule has 0 bridgehead atoms. The van der Waals surface area contributed by atoms with Crippen LogP contribution in [-0.4, -0.2) is 24.8 Å². The fourth-order valence-corrected chi connectivity index (χ4v) is 2.06. The maximum atomic E-state index is 13.9. The minimum Gasteiger partial charge on any atom is -0.465 e. The number of nitrogens with one attached hydrogen (secondary N) is 1. The second kappa shape index (κ2) is 6.89. The predicted octanol–water partition coefficient (Wildman–Crippen LogP) is 3.40. The third kappa shape index (κ3) is 5.34. The molecule has 1 N–H and O–H groups in total. The summed E-state index contributed by atoms with van der Waals surface area (Å²) in [7, 11) is 1.16. The third-order valence-electron chi connectivity index (χ3n) is 2.35. The summed E-state index contributed by atoms with van der Waals surface area (Å²) in [6, 6.07) is 2.69. The zero-order chi connectivity index (χ0) is 16.2. The minimum absolute atomic E-state index is 0.0598. The summed E-state index contributed by atoms with van der Waals surface area (Å²) < 4.78 is 23.9. The number of hydrogen-bond acceptors (Lipinski definition) is 4. The Balaban J connectivity index is 2.92. The Morgan fingerprint density at radius 2 is 1.95 bits per heavy atom. The van der Waals surface area contributed by atoms with Gasteiger partial charge in [-0.05, 0) is 38.5 Å². The second-order valence-corrected chi connectivity index (χ2v) is 6.18. The molecular weight excluding hydrogens is 345 g/mol. The highest BCUT2D eigenvalue weighted by molar-refractivity contribution is 9.10. The fourth-order valence-electron chi connectivity index (χ4n) is 1.58. The Hall–Kier alpha value is -1.63. The maximum absolute atomic E-state index is 13.9. The number of rotatable bonds is 3. The van der Waals surface area contributed by atoms with Crippen molar-refractivity contribution in [3.05, 3.63) is 33.5 Å². The molecule has 0 atom stereocenters. The zero-order valence-corrected chi connectivity index (χ0v) is 13.8. The number of hydrogen-bond donors (Lipinski definition) is 1. The van der Waals surface area contributed by atoms with Crippen molar-refractivity contribution in [2.75, 3.05) is 7.11 Å². The van der Waals surface area contributed by atoms with Crippen LogP contribution in [0.1, 0.15) is 36.7 Å². The lowest BCUT2D eigenvalue weighted by Gasteiger charge is -2.20. The number of carbonyl (C=O) groups excluding carboxylic acids is 2. The van der Waals surface area contributed by atoms with E-state index in [1.807, 2.05) is 0 Å². The Labute approximate surface area is 130 Å². The van der Waals surface area contributed by atoms with Crippen molar-refractivity contribution >= 4 is 28.0 Å². The first-order valence-corrected chi connectivity index (χ1v) is 6.96. The monoisotopic (exact) mass is 361 g/mol. The second-order valence-electron chi connectivity index (χ2n) is 5.27. The van der Waals surface area contributed by atoms with E-state index in [1.165, 1.54) is 6.07 Å². The molecule has 0 saturated heterocycles. The van der Waals surface area contributed by atoms with Crippen LogP contribution in [0, 0.1) is 5.82 Å². The lowest BCUT2D eigenvalue weighted by Crippen LogP contribution is -2.32. The molecule has 0 aromatic heterocycles. The topological polar surface area (TPSA) is 64.6 Å². The van der Waals surface area contributed by atoms with Gasteiger partial charge in [0, 0.05) is 11.0 Å². The average molecular weight is 362 g/mol. The molecule has 0 spiro atoms. The van der Waals surface area contributed by atoms with Gasteiger partial charge < -0.3 is 14.8 Å². The Morgan fingerprint density at radius 3 is 2.48 bits per heavy atom. The molecular formula is C14H17BrFNO4. The smallest absolute Gasteiger partial charge is 0.407 e. The van der Waals surface area contributed by atoms with Crippen LogP contribution in [0.5, 0.6) is 0 Å². The summed E-state index contributed by atoms with van der Waals surface area (Å²) in [5, 5.41) is 2.47. The molecule has 21 heavy (non-hydrogen) atoms. The van der Waals surface area contributed by atoms with Gasteiger partial charge in [-0.2, -0.15) is 0 Å². The van der Waals surface area contributed by atoms with E-state index in [2.05, 4.69) is 26.0 Å². The van der Waals surface area contributed by atoms with Crippen LogP contribution < -0.4 is 5.32 Å². The van der Waals surface area contributed by atoms with Crippen molar-refractivity contribution in [1.82, 2.24) is 5.32 Å². The number of amides is 1. The largest absolute Gasteiger partial charge is 0.465 e. The molecule has 7 heteroatoms. The summed E-state index contributed by atoms with van der Waals surface area (Å²) in [4.78, 5) is 23.2. The molecule has 0 aliphatic rings. The SMILES string of the molecule is COC(=O)c1c(F)cc(Br)cc1CNC(=O)OC(C)(C)C. The van der Waals surface area contributed by atoms with Crippen molar-refractivity contribution in [3.8, 4) is 0 Å². The van der Waals surface area contributed by atoms with Crippen molar-refractivity contribution in [1.29, 1.82) is 0 Å². The molecule has 0 heterocycles. The Morgan fingerprint density at radius 1 is 1.33 bits per heavy atom. The minimum atomic E-state index is -0.805. The number of alkyl carbamates (subject to hydrolysis) is 1. The van der Waals surface area contributed by atoms with E-state index in [0.717, 1.165) is 13.2 Å². The zero-order valence-electron chi connectivity index (χ0n) is 12.3. The number of halogens is 2. The van der Waals surface area contributed by atoms with E-state index < -0.39 is 23.5 Å². The lowest BCUT2D eigenvalue weighted by molar-refractivity contribution is 0.0517. The molecule has 1 aromatic rings. The number of benzene rings is 1. The summed E-state index contributed by atoms with van der Waals surface area (Å²) >= 11 is 3.14. The van der Waals surface area contributed by atoms with Crippen LogP contribution in [0.2, 0.25) is 0 Å². The predicted molar refractivity (Wildman–Crippen MR) is 78.5 cm³/mol. The van der Waals surface area contributed by atoms with Gasteiger partial charge in [-0.3, -0.25) is 0 Å². The van der Waals surface area contributed by atoms with Crippen molar-refractivity contribution in [2.24, 2.45) is 0 Å². The summed E-state index contributed by atoms with van der Waals surface area (Å²) in [6.45, 7) is 5.12. The van der Waals surface area contributed by atoms with E-state index in [1.54, 1.807) is 20.8 Å². The first kappa shape index (κ1) is 17.4. The van der Waals surface area contributed by atoms with Gasteiger partial charge in [-0.1, -0.05) is 15.9 Å². The number of carbonyl (C=O) groups is 2. The molecule has 5 nitrogen and oxygen atoms in total. The molecule has 1 aromatic carbocycles. The van der Waals surface area contributed by atoms with Gasteiger partial charge in [0.05, 0.1) is 7.11 Å². The molecule has 0 radical (unpaired) electrons. The van der Waals surface area contributed by atoms with E-state index >= 15 is 0 Å². The molecule has 116 valence electrons. The molecule has 1 rings (SSSR count). The number of methoxy groups -OCH3 is 1. The lowest BCUT2D eigenvalue weighted by atomic mass is 10.1. The van der Waals surface area contributed by atoms with Gasteiger partial charge in [0.2, 0.25) is 0 Å². The number of esters is 1. The highest BCUT2D eigenvalue weighted by atomic mass is 79.9. The summed E-state index contributed by atoms with van der Waals surface area (Å²) in [6.07, 6.45) is -0.654. The van der Waals surface area contributed by atoms with Crippen LogP contribution in [0.3, 0.4) is 0 Å². The number of ether oxygens (including phenoxy) is 2. The first-order chi connectivity index (χ1) is 9.64. The van der Waals surface area contributed by atoms with Crippen LogP contribution in [0.4, 0.5) is 9.18 Å².